The number of carboxylic acid groups (broad SMARTS) is 1. The Bertz CT molecular complexity index is 619. The molecule has 1 atom stereocenters. The Morgan fingerprint density at radius 3 is 2.35 bits per heavy atom. The highest BCUT2D eigenvalue weighted by molar-refractivity contribution is 7.92. The Morgan fingerprint density at radius 1 is 1.35 bits per heavy atom. The lowest BCUT2D eigenvalue weighted by atomic mass is 10.2. The van der Waals surface area contributed by atoms with Gasteiger partial charge in [0.05, 0.1) is 11.3 Å². The van der Waals surface area contributed by atoms with Gasteiger partial charge in [-0.3, -0.25) is 4.79 Å². The molecule has 1 rings (SSSR count). The van der Waals surface area contributed by atoms with Crippen LogP contribution in [0.5, 0.6) is 0 Å². The third kappa shape index (κ3) is 3.92. The van der Waals surface area contributed by atoms with Gasteiger partial charge in [0.25, 0.3) is 0 Å². The first-order valence-corrected chi connectivity index (χ1v) is 7.46. The molecule has 108 valence electrons. The quantitative estimate of drug-likeness (QED) is 0.771. The van der Waals surface area contributed by atoms with Crippen molar-refractivity contribution in [3.63, 3.8) is 0 Å². The second-order valence-electron chi connectivity index (χ2n) is 4.13. The van der Waals surface area contributed by atoms with E-state index in [0.29, 0.717) is 5.69 Å². The zero-order valence-electron chi connectivity index (χ0n) is 10.9. The summed E-state index contributed by atoms with van der Waals surface area (Å²) < 4.78 is 23.4. The largest absolute Gasteiger partial charge is 0.478 e. The molecule has 0 spiro atoms. The molecule has 7 heteroatoms. The lowest BCUT2D eigenvalue weighted by Gasteiger charge is -2.12. The van der Waals surface area contributed by atoms with Crippen LogP contribution in [0.4, 0.5) is 5.69 Å². The highest BCUT2D eigenvalue weighted by Crippen LogP contribution is 2.12. The number of nitrogens with one attached hydrogen (secondary N) is 1. The average Bonchev–Trinajstić information content (AvgIpc) is 2.38. The average molecular weight is 297 g/mol. The molecule has 0 fully saturated rings. The molecular weight excluding hydrogens is 282 g/mol. The summed E-state index contributed by atoms with van der Waals surface area (Å²) in [6, 6.07) is 5.43. The topological polar surface area (TPSA) is 101 Å². The number of carbonyl (C=O) groups excluding carboxylic acids is 1. The van der Waals surface area contributed by atoms with E-state index in [-0.39, 0.29) is 11.3 Å². The van der Waals surface area contributed by atoms with E-state index in [0.717, 1.165) is 0 Å². The highest BCUT2D eigenvalue weighted by atomic mass is 32.2. The number of carboxylic acids is 1. The molecule has 0 saturated heterocycles. The second-order valence-corrected chi connectivity index (χ2v) is 6.50. The zero-order valence-corrected chi connectivity index (χ0v) is 11.7. The van der Waals surface area contributed by atoms with Gasteiger partial charge in [-0.2, -0.15) is 0 Å². The van der Waals surface area contributed by atoms with Crippen molar-refractivity contribution in [1.82, 2.24) is 0 Å². The highest BCUT2D eigenvalue weighted by Gasteiger charge is 2.26. The van der Waals surface area contributed by atoms with Crippen molar-refractivity contribution in [3.8, 4) is 0 Å². The molecule has 6 nitrogen and oxygen atoms in total. The van der Waals surface area contributed by atoms with Crippen molar-refractivity contribution in [2.75, 3.05) is 11.1 Å². The fourth-order valence-electron chi connectivity index (χ4n) is 1.41. The van der Waals surface area contributed by atoms with E-state index in [1.54, 1.807) is 0 Å². The monoisotopic (exact) mass is 297 g/mol. The first kappa shape index (κ1) is 15.9. The molecule has 0 aliphatic heterocycles. The Labute approximate surface area is 117 Å². The summed E-state index contributed by atoms with van der Waals surface area (Å²) in [5.41, 5.74) is 0.413. The fraction of sp³-hybridized carbons (Fsp3) is 0.231. The van der Waals surface area contributed by atoms with Crippen LogP contribution >= 0.6 is 0 Å². The first-order valence-electron chi connectivity index (χ1n) is 5.74. The van der Waals surface area contributed by atoms with Gasteiger partial charge in [-0.15, -0.1) is 6.58 Å². The Hall–Kier alpha value is -2.15. The number of anilines is 1. The molecule has 1 aromatic rings. The van der Waals surface area contributed by atoms with Crippen molar-refractivity contribution in [2.24, 2.45) is 0 Å². The van der Waals surface area contributed by atoms with Crippen molar-refractivity contribution in [1.29, 1.82) is 0 Å². The van der Waals surface area contributed by atoms with E-state index in [4.69, 9.17) is 5.11 Å². The van der Waals surface area contributed by atoms with Crippen LogP contribution in [0.15, 0.2) is 36.9 Å². The van der Waals surface area contributed by atoms with Crippen LogP contribution in [0.2, 0.25) is 0 Å². The molecule has 20 heavy (non-hydrogen) atoms. The number of aromatic carboxylic acids is 1. The summed E-state index contributed by atoms with van der Waals surface area (Å²) in [7, 11) is -3.58. The van der Waals surface area contributed by atoms with Gasteiger partial charge >= 0.3 is 5.97 Å². The third-order valence-corrected chi connectivity index (χ3v) is 4.65. The number of hydrogen-bond donors (Lipinski definition) is 2. The molecular formula is C13H15NO5S. The summed E-state index contributed by atoms with van der Waals surface area (Å²) in [4.78, 5) is 22.5. The predicted octanol–water partition coefficient (Wildman–Crippen LogP) is 1.31. The minimum absolute atomic E-state index is 0.0790. The van der Waals surface area contributed by atoms with E-state index in [1.165, 1.54) is 37.3 Å². The molecule has 0 heterocycles. The summed E-state index contributed by atoms with van der Waals surface area (Å²) in [5, 5.41) is 9.95. The maximum absolute atomic E-state index is 11.8. The fourth-order valence-corrected chi connectivity index (χ4v) is 2.41. The van der Waals surface area contributed by atoms with E-state index in [2.05, 4.69) is 11.9 Å². The van der Waals surface area contributed by atoms with Crippen LogP contribution < -0.4 is 5.32 Å². The van der Waals surface area contributed by atoms with Crippen LogP contribution in [-0.4, -0.2) is 36.4 Å². The molecule has 1 aromatic carbocycles. The van der Waals surface area contributed by atoms with Gasteiger partial charge in [-0.1, -0.05) is 6.08 Å². The minimum Gasteiger partial charge on any atom is -0.478 e. The Morgan fingerprint density at radius 2 is 1.90 bits per heavy atom. The van der Waals surface area contributed by atoms with Crippen LogP contribution in [0.25, 0.3) is 0 Å². The molecule has 0 saturated carbocycles. The first-order chi connectivity index (χ1) is 9.27. The van der Waals surface area contributed by atoms with Crippen molar-refractivity contribution in [3.05, 3.63) is 42.5 Å². The lowest BCUT2D eigenvalue weighted by Crippen LogP contribution is -2.33. The van der Waals surface area contributed by atoms with Gasteiger partial charge in [0.15, 0.2) is 9.84 Å². The summed E-state index contributed by atoms with van der Waals surface area (Å²) in [6.07, 6.45) is 1.22. The normalized spacial score (nSPS) is 12.4. The number of amides is 1. The van der Waals surface area contributed by atoms with Crippen molar-refractivity contribution >= 4 is 27.4 Å². The van der Waals surface area contributed by atoms with Gasteiger partial charge in [-0.05, 0) is 31.2 Å². The van der Waals surface area contributed by atoms with Gasteiger partial charge < -0.3 is 10.4 Å². The maximum atomic E-state index is 11.8. The van der Waals surface area contributed by atoms with E-state index in [9.17, 15) is 18.0 Å². The number of hydrogen-bond acceptors (Lipinski definition) is 4. The van der Waals surface area contributed by atoms with Gasteiger partial charge in [0.1, 0.15) is 5.25 Å². The Kier molecular flexibility index (Phi) is 5.04. The van der Waals surface area contributed by atoms with Crippen LogP contribution in [0.1, 0.15) is 17.3 Å². The predicted molar refractivity (Wildman–Crippen MR) is 75.5 cm³/mol. The molecule has 2 N–H and O–H groups in total. The molecule has 1 amide bonds. The van der Waals surface area contributed by atoms with Gasteiger partial charge in [0.2, 0.25) is 5.91 Å². The third-order valence-electron chi connectivity index (χ3n) is 2.66. The van der Waals surface area contributed by atoms with E-state index >= 15 is 0 Å². The van der Waals surface area contributed by atoms with Gasteiger partial charge in [-0.25, -0.2) is 13.2 Å². The number of carbonyl (C=O) groups is 2. The number of sulfone groups is 1. The Balaban J connectivity index is 2.80. The second kappa shape index (κ2) is 6.33. The maximum Gasteiger partial charge on any atom is 0.335 e. The molecule has 0 aliphatic carbocycles. The molecule has 0 aromatic heterocycles. The summed E-state index contributed by atoms with van der Waals surface area (Å²) >= 11 is 0. The summed E-state index contributed by atoms with van der Waals surface area (Å²) in [5.74, 6) is -2.03. The molecule has 1 unspecified atom stereocenters. The zero-order chi connectivity index (χ0) is 15.3. The van der Waals surface area contributed by atoms with Crippen molar-refractivity contribution < 1.29 is 23.1 Å². The standard InChI is InChI=1S/C13H15NO5S/c1-3-8-20(18,19)9(2)12(15)14-11-6-4-10(5-7-11)13(16)17/h3-7,9H,1,8H2,2H3,(H,14,15)(H,16,17). The van der Waals surface area contributed by atoms with Crippen LogP contribution in [0, 0.1) is 0 Å². The lowest BCUT2D eigenvalue weighted by molar-refractivity contribution is -0.115. The van der Waals surface area contributed by atoms with E-state index < -0.39 is 27.0 Å². The smallest absolute Gasteiger partial charge is 0.335 e. The SMILES string of the molecule is C=CCS(=O)(=O)C(C)C(=O)Nc1ccc(C(=O)O)cc1. The van der Waals surface area contributed by atoms with Crippen LogP contribution in [-0.2, 0) is 14.6 Å². The minimum atomic E-state index is -3.58. The van der Waals surface area contributed by atoms with E-state index in [1.807, 2.05) is 0 Å². The van der Waals surface area contributed by atoms with Crippen molar-refractivity contribution in [2.45, 2.75) is 12.2 Å². The summed E-state index contributed by atoms with van der Waals surface area (Å²) in [6.45, 7) is 4.62. The molecule has 0 radical (unpaired) electrons. The number of rotatable bonds is 6. The molecule has 0 bridgehead atoms. The number of benzene rings is 1. The van der Waals surface area contributed by atoms with Gasteiger partial charge in [0, 0.05) is 5.69 Å². The molecule has 0 aliphatic rings. The van der Waals surface area contributed by atoms with Crippen LogP contribution in [0.3, 0.4) is 0 Å².